The number of hydrogen-bond donors (Lipinski definition) is 1. The van der Waals surface area contributed by atoms with Crippen LogP contribution in [0.5, 0.6) is 0 Å². The van der Waals surface area contributed by atoms with Crippen molar-refractivity contribution >= 4 is 50.9 Å². The van der Waals surface area contributed by atoms with E-state index in [0.717, 1.165) is 18.6 Å². The maximum Gasteiger partial charge on any atom is 1.00 e. The summed E-state index contributed by atoms with van der Waals surface area (Å²) >= 11 is 10.2. The third-order valence-electron chi connectivity index (χ3n) is 1.31. The molecule has 0 aromatic heterocycles. The van der Waals surface area contributed by atoms with Gasteiger partial charge in [0.15, 0.2) is 0 Å². The van der Waals surface area contributed by atoms with Crippen molar-refractivity contribution in [3.05, 3.63) is 0 Å². The van der Waals surface area contributed by atoms with Crippen molar-refractivity contribution in [2.75, 3.05) is 5.75 Å². The Bertz CT molecular complexity index is 177. The quantitative estimate of drug-likeness (QED) is 0.355. The second-order valence-corrected chi connectivity index (χ2v) is 7.01. The average Bonchev–Trinajstić information content (AvgIpc) is 2.15. The summed E-state index contributed by atoms with van der Waals surface area (Å²) in [7, 11) is -0.655. The summed E-state index contributed by atoms with van der Waals surface area (Å²) in [6, 6.07) is 0. The van der Waals surface area contributed by atoms with Crippen molar-refractivity contribution in [1.82, 2.24) is 0 Å². The summed E-state index contributed by atoms with van der Waals surface area (Å²) in [5.74, 6) is 0.841. The predicted octanol–water partition coefficient (Wildman–Crippen LogP) is -1.08. The molecule has 2 unspecified atom stereocenters. The van der Waals surface area contributed by atoms with E-state index in [0.29, 0.717) is 3.53 Å². The molecule has 0 aromatic rings. The first-order valence-corrected chi connectivity index (χ1v) is 6.08. The van der Waals surface area contributed by atoms with Gasteiger partial charge < -0.3 is 1.43 Å². The molecule has 0 aromatic carbocycles. The minimum absolute atomic E-state index is 0. The van der Waals surface area contributed by atoms with E-state index < -0.39 is 10.8 Å². The van der Waals surface area contributed by atoms with Crippen molar-refractivity contribution in [3.8, 4) is 0 Å². The van der Waals surface area contributed by atoms with Crippen LogP contribution >= 0.6 is 36.6 Å². The third-order valence-corrected chi connectivity index (χ3v) is 5.06. The molecule has 1 aliphatic rings. The molecule has 0 aliphatic carbocycles. The molecular formula is C5H9NaOS4. The molecule has 11 heavy (non-hydrogen) atoms. The van der Waals surface area contributed by atoms with Crippen LogP contribution in [0.15, 0.2) is 0 Å². The fourth-order valence-electron chi connectivity index (χ4n) is 0.880. The van der Waals surface area contributed by atoms with Crippen LogP contribution in [-0.4, -0.2) is 18.1 Å². The summed E-state index contributed by atoms with van der Waals surface area (Å²) in [4.78, 5) is 0. The Morgan fingerprint density at radius 3 is 2.82 bits per heavy atom. The van der Waals surface area contributed by atoms with Gasteiger partial charge in [-0.2, -0.15) is 0 Å². The van der Waals surface area contributed by atoms with Gasteiger partial charge in [0.2, 0.25) is 0 Å². The Kier molecular flexibility index (Phi) is 7.53. The van der Waals surface area contributed by atoms with Crippen LogP contribution in [0.1, 0.15) is 14.3 Å². The van der Waals surface area contributed by atoms with Gasteiger partial charge in [-0.1, -0.05) is 24.0 Å². The van der Waals surface area contributed by atoms with E-state index in [1.165, 1.54) is 11.8 Å². The monoisotopic (exact) mass is 236 g/mol. The summed E-state index contributed by atoms with van der Waals surface area (Å²) < 4.78 is 11.9. The largest absolute Gasteiger partial charge is 1.00 e. The molecule has 1 rings (SSSR count). The van der Waals surface area contributed by atoms with Gasteiger partial charge in [-0.25, -0.2) is 0 Å². The maximum atomic E-state index is 11.1. The van der Waals surface area contributed by atoms with Crippen molar-refractivity contribution in [1.29, 1.82) is 0 Å². The summed E-state index contributed by atoms with van der Waals surface area (Å²) in [6.07, 6.45) is 2.10. The van der Waals surface area contributed by atoms with E-state index in [1.807, 2.05) is 0 Å². The van der Waals surface area contributed by atoms with E-state index in [1.54, 1.807) is 0 Å². The van der Waals surface area contributed by atoms with Gasteiger partial charge in [0.1, 0.15) is 3.53 Å². The van der Waals surface area contributed by atoms with Crippen molar-refractivity contribution in [2.24, 2.45) is 0 Å². The summed E-state index contributed by atoms with van der Waals surface area (Å²) in [6.45, 7) is 0. The molecule has 1 nitrogen and oxygen atoms in total. The Morgan fingerprint density at radius 2 is 2.45 bits per heavy atom. The third kappa shape index (κ3) is 4.64. The predicted molar refractivity (Wildman–Crippen MR) is 56.3 cm³/mol. The van der Waals surface area contributed by atoms with Gasteiger partial charge in [0.05, 0.1) is 4.58 Å². The van der Waals surface area contributed by atoms with Crippen molar-refractivity contribution in [3.63, 3.8) is 0 Å². The van der Waals surface area contributed by atoms with Crippen molar-refractivity contribution < 1.29 is 35.2 Å². The van der Waals surface area contributed by atoms with Crippen LogP contribution in [0.2, 0.25) is 0 Å². The zero-order valence-corrected chi connectivity index (χ0v) is 11.6. The molecule has 60 valence electrons. The number of thioether (sulfide) groups is 1. The molecule has 1 saturated heterocycles. The minimum Gasteiger partial charge on any atom is -1.00 e. The molecule has 2 atom stereocenters. The molecule has 1 heterocycles. The van der Waals surface area contributed by atoms with Gasteiger partial charge in [0.25, 0.3) is 0 Å². The standard InChI is InChI=1S/C5H8OS4.Na.H/c6-10-3-1-2-4(10)9-5(7)8;;/h4H,1-3H2,(H,7,8);;/q;+1;-1. The molecule has 0 N–H and O–H groups in total. The fourth-order valence-corrected chi connectivity index (χ4v) is 4.67. The van der Waals surface area contributed by atoms with E-state index in [-0.39, 0.29) is 35.6 Å². The van der Waals surface area contributed by atoms with Crippen molar-refractivity contribution in [2.45, 2.75) is 17.4 Å². The summed E-state index contributed by atoms with van der Waals surface area (Å²) in [5.41, 5.74) is 0. The molecule has 0 bridgehead atoms. The minimum atomic E-state index is -0.655. The van der Waals surface area contributed by atoms with Gasteiger partial charge >= 0.3 is 29.6 Å². The fraction of sp³-hybridized carbons (Fsp3) is 0.800. The van der Waals surface area contributed by atoms with Crippen LogP contribution in [-0.2, 0) is 10.8 Å². The molecule has 0 amide bonds. The average molecular weight is 236 g/mol. The first kappa shape index (κ1) is 12.9. The molecule has 1 aliphatic heterocycles. The zero-order chi connectivity index (χ0) is 7.56. The number of hydrogen-bond acceptors (Lipinski definition) is 3. The molecular weight excluding hydrogens is 227 g/mol. The van der Waals surface area contributed by atoms with Crippen LogP contribution in [0, 0.1) is 0 Å². The second-order valence-electron chi connectivity index (χ2n) is 2.04. The molecule has 0 radical (unpaired) electrons. The topological polar surface area (TPSA) is 17.1 Å². The number of thiol groups is 1. The van der Waals surface area contributed by atoms with Crippen LogP contribution in [0.3, 0.4) is 0 Å². The van der Waals surface area contributed by atoms with E-state index in [4.69, 9.17) is 12.2 Å². The number of rotatable bonds is 1. The van der Waals surface area contributed by atoms with Gasteiger partial charge in [-0.15, -0.1) is 12.6 Å². The molecule has 1 fully saturated rings. The maximum absolute atomic E-state index is 11.1. The first-order valence-electron chi connectivity index (χ1n) is 2.97. The second kappa shape index (κ2) is 6.40. The molecule has 6 heteroatoms. The Morgan fingerprint density at radius 1 is 1.82 bits per heavy atom. The Hall–Kier alpha value is 1.94. The Labute approximate surface area is 108 Å². The van der Waals surface area contributed by atoms with Crippen LogP contribution in [0.25, 0.3) is 0 Å². The normalized spacial score (nSPS) is 29.5. The smallest absolute Gasteiger partial charge is 1.00 e. The van der Waals surface area contributed by atoms with E-state index in [2.05, 4.69) is 12.6 Å². The van der Waals surface area contributed by atoms with Crippen LogP contribution in [0.4, 0.5) is 0 Å². The van der Waals surface area contributed by atoms with E-state index in [9.17, 15) is 4.21 Å². The first-order chi connectivity index (χ1) is 4.70. The molecule has 0 spiro atoms. The van der Waals surface area contributed by atoms with Gasteiger partial charge in [-0.05, 0) is 12.8 Å². The molecule has 0 saturated carbocycles. The Balaban J connectivity index is 0. The number of thiocarbonyl (C=S) groups is 1. The van der Waals surface area contributed by atoms with Gasteiger partial charge in [-0.3, -0.25) is 4.21 Å². The van der Waals surface area contributed by atoms with Crippen LogP contribution < -0.4 is 29.6 Å². The zero-order valence-electron chi connectivity index (χ0n) is 7.28. The summed E-state index contributed by atoms with van der Waals surface area (Å²) in [5, 5.41) is 0. The van der Waals surface area contributed by atoms with Gasteiger partial charge in [0, 0.05) is 16.6 Å². The van der Waals surface area contributed by atoms with E-state index >= 15 is 0 Å². The SMILES string of the molecule is O=S1CCCC1SC(=S)S.[H-].[Na+].